The van der Waals surface area contributed by atoms with Crippen LogP contribution in [0.25, 0.3) is 0 Å². The van der Waals surface area contributed by atoms with Crippen LogP contribution < -0.4 is 9.47 Å². The molecule has 1 rings (SSSR count). The summed E-state index contributed by atoms with van der Waals surface area (Å²) in [4.78, 5) is 10.6. The minimum atomic E-state index is -2.55. The van der Waals surface area contributed by atoms with Gasteiger partial charge in [0.2, 0.25) is 0 Å². The second-order valence-electron chi connectivity index (χ2n) is 2.85. The second kappa shape index (κ2) is 5.97. The number of hydrogen-bond donors (Lipinski definition) is 0. The summed E-state index contributed by atoms with van der Waals surface area (Å²) >= 11 is 1.90. The van der Waals surface area contributed by atoms with Gasteiger partial charge in [-0.15, -0.1) is 0 Å². The van der Waals surface area contributed by atoms with Crippen LogP contribution in [-0.2, 0) is 0 Å². The standard InChI is InChI=1S/C10H9F2IO3/c1-15-8-3-6(4-14)2-7(13)10(8)16-5-9(11)12/h2-4,9H,5H2,1H3. The summed E-state index contributed by atoms with van der Waals surface area (Å²) in [5.41, 5.74) is 0.408. The predicted molar refractivity (Wildman–Crippen MR) is 62.6 cm³/mol. The van der Waals surface area contributed by atoms with Crippen molar-refractivity contribution in [1.82, 2.24) is 0 Å². The molecule has 0 saturated heterocycles. The van der Waals surface area contributed by atoms with E-state index in [1.165, 1.54) is 19.2 Å². The minimum absolute atomic E-state index is 0.231. The third-order valence-electron chi connectivity index (χ3n) is 1.74. The monoisotopic (exact) mass is 342 g/mol. The molecule has 0 spiro atoms. The SMILES string of the molecule is COc1cc(C=O)cc(I)c1OCC(F)F. The molecule has 3 nitrogen and oxygen atoms in total. The van der Waals surface area contributed by atoms with Gasteiger partial charge in [-0.25, -0.2) is 8.78 Å². The van der Waals surface area contributed by atoms with E-state index < -0.39 is 13.0 Å². The van der Waals surface area contributed by atoms with Crippen molar-refractivity contribution in [2.24, 2.45) is 0 Å². The van der Waals surface area contributed by atoms with Crippen molar-refractivity contribution in [2.45, 2.75) is 6.43 Å². The first-order valence-corrected chi connectivity index (χ1v) is 5.40. The van der Waals surface area contributed by atoms with Crippen LogP contribution in [0.4, 0.5) is 8.78 Å². The number of carbonyl (C=O) groups excluding carboxylic acids is 1. The minimum Gasteiger partial charge on any atom is -0.493 e. The first-order chi connectivity index (χ1) is 7.58. The number of benzene rings is 1. The molecule has 1 aromatic carbocycles. The molecule has 88 valence electrons. The van der Waals surface area contributed by atoms with Crippen LogP contribution >= 0.6 is 22.6 Å². The molecule has 1 aromatic rings. The third-order valence-corrected chi connectivity index (χ3v) is 2.54. The number of ether oxygens (including phenoxy) is 2. The first kappa shape index (κ1) is 13.1. The molecule has 0 amide bonds. The molecule has 0 N–H and O–H groups in total. The molecule has 0 radical (unpaired) electrons. The van der Waals surface area contributed by atoms with Gasteiger partial charge < -0.3 is 9.47 Å². The Balaban J connectivity index is 3.01. The number of hydrogen-bond acceptors (Lipinski definition) is 3. The van der Waals surface area contributed by atoms with Crippen LogP contribution in [0.1, 0.15) is 10.4 Å². The number of alkyl halides is 2. The van der Waals surface area contributed by atoms with Gasteiger partial charge in [0.25, 0.3) is 6.43 Å². The van der Waals surface area contributed by atoms with Crippen LogP contribution in [0.5, 0.6) is 11.5 Å². The maximum Gasteiger partial charge on any atom is 0.272 e. The summed E-state index contributed by atoms with van der Waals surface area (Å²) < 4.78 is 34.5. The number of carbonyl (C=O) groups is 1. The van der Waals surface area contributed by atoms with Gasteiger partial charge in [0.05, 0.1) is 10.7 Å². The Labute approximate surface area is 105 Å². The van der Waals surface area contributed by atoms with E-state index in [9.17, 15) is 13.6 Å². The zero-order chi connectivity index (χ0) is 12.1. The van der Waals surface area contributed by atoms with Gasteiger partial charge in [-0.1, -0.05) is 0 Å². The summed E-state index contributed by atoms with van der Waals surface area (Å²) in [7, 11) is 1.38. The van der Waals surface area contributed by atoms with E-state index in [0.717, 1.165) is 0 Å². The van der Waals surface area contributed by atoms with Crippen molar-refractivity contribution in [3.8, 4) is 11.5 Å². The van der Waals surface area contributed by atoms with Crippen LogP contribution in [0.2, 0.25) is 0 Å². The molecule has 0 aliphatic carbocycles. The zero-order valence-corrected chi connectivity index (χ0v) is 10.5. The van der Waals surface area contributed by atoms with E-state index in [0.29, 0.717) is 15.4 Å². The predicted octanol–water partition coefficient (Wildman–Crippen LogP) is 2.76. The van der Waals surface area contributed by atoms with Gasteiger partial charge in [0.15, 0.2) is 11.5 Å². The largest absolute Gasteiger partial charge is 0.493 e. The first-order valence-electron chi connectivity index (χ1n) is 4.32. The van der Waals surface area contributed by atoms with Gasteiger partial charge in [-0.05, 0) is 34.7 Å². The van der Waals surface area contributed by atoms with Crippen LogP contribution in [0.15, 0.2) is 12.1 Å². The molecule has 0 saturated carbocycles. The molecule has 0 aliphatic rings. The smallest absolute Gasteiger partial charge is 0.272 e. The average Bonchev–Trinajstić information content (AvgIpc) is 2.26. The second-order valence-corrected chi connectivity index (χ2v) is 4.02. The van der Waals surface area contributed by atoms with E-state index in [4.69, 9.17) is 9.47 Å². The highest BCUT2D eigenvalue weighted by molar-refractivity contribution is 14.1. The maximum atomic E-state index is 12.0. The Morgan fingerprint density at radius 3 is 2.69 bits per heavy atom. The van der Waals surface area contributed by atoms with Crippen LogP contribution in [-0.4, -0.2) is 26.4 Å². The number of aldehydes is 1. The Kier molecular flexibility index (Phi) is 4.91. The molecule has 0 aromatic heterocycles. The molecule has 0 unspecified atom stereocenters. The molecule has 6 heteroatoms. The summed E-state index contributed by atoms with van der Waals surface area (Å²) in [5.74, 6) is 0.503. The summed E-state index contributed by atoms with van der Waals surface area (Å²) in [6, 6.07) is 2.98. The summed E-state index contributed by atoms with van der Waals surface area (Å²) in [6.07, 6.45) is -1.90. The van der Waals surface area contributed by atoms with Crippen molar-refractivity contribution in [3.63, 3.8) is 0 Å². The summed E-state index contributed by atoms with van der Waals surface area (Å²) in [6.45, 7) is -0.702. The van der Waals surface area contributed by atoms with E-state index >= 15 is 0 Å². The summed E-state index contributed by atoms with van der Waals surface area (Å²) in [5, 5.41) is 0. The van der Waals surface area contributed by atoms with Crippen LogP contribution in [0.3, 0.4) is 0 Å². The average molecular weight is 342 g/mol. The molecular formula is C10H9F2IO3. The highest BCUT2D eigenvalue weighted by atomic mass is 127. The third kappa shape index (κ3) is 3.29. The molecule has 0 heterocycles. The van der Waals surface area contributed by atoms with Gasteiger partial charge in [0, 0.05) is 5.56 Å². The van der Waals surface area contributed by atoms with E-state index in [-0.39, 0.29) is 11.5 Å². The van der Waals surface area contributed by atoms with Gasteiger partial charge in [-0.2, -0.15) is 0 Å². The Morgan fingerprint density at radius 1 is 1.50 bits per heavy atom. The topological polar surface area (TPSA) is 35.5 Å². The highest BCUT2D eigenvalue weighted by Gasteiger charge is 2.13. The lowest BCUT2D eigenvalue weighted by Gasteiger charge is -2.12. The van der Waals surface area contributed by atoms with Gasteiger partial charge >= 0.3 is 0 Å². The lowest BCUT2D eigenvalue weighted by atomic mass is 10.2. The molecule has 0 aliphatic heterocycles. The zero-order valence-electron chi connectivity index (χ0n) is 8.38. The fraction of sp³-hybridized carbons (Fsp3) is 0.300. The lowest BCUT2D eigenvalue weighted by Crippen LogP contribution is -2.09. The van der Waals surface area contributed by atoms with Crippen molar-refractivity contribution in [3.05, 3.63) is 21.3 Å². The molecule has 0 atom stereocenters. The molecule has 0 bridgehead atoms. The highest BCUT2D eigenvalue weighted by Crippen LogP contribution is 2.33. The van der Waals surface area contributed by atoms with Crippen molar-refractivity contribution in [1.29, 1.82) is 0 Å². The number of halogens is 3. The molecular weight excluding hydrogens is 333 g/mol. The number of rotatable bonds is 5. The van der Waals surface area contributed by atoms with Crippen LogP contribution in [0, 0.1) is 3.57 Å². The van der Waals surface area contributed by atoms with E-state index in [1.54, 1.807) is 0 Å². The van der Waals surface area contributed by atoms with Crippen molar-refractivity contribution < 1.29 is 23.0 Å². The molecule has 0 fully saturated rings. The van der Waals surface area contributed by atoms with Crippen molar-refractivity contribution >= 4 is 28.9 Å². The Morgan fingerprint density at radius 2 is 2.19 bits per heavy atom. The number of methoxy groups -OCH3 is 1. The normalized spacial score (nSPS) is 10.3. The Bertz CT molecular complexity index is 383. The fourth-order valence-electron chi connectivity index (χ4n) is 1.09. The van der Waals surface area contributed by atoms with Gasteiger partial charge in [-0.3, -0.25) is 4.79 Å². The van der Waals surface area contributed by atoms with Crippen molar-refractivity contribution in [2.75, 3.05) is 13.7 Å². The maximum absolute atomic E-state index is 12.0. The quantitative estimate of drug-likeness (QED) is 0.610. The van der Waals surface area contributed by atoms with E-state index in [1.807, 2.05) is 22.6 Å². The van der Waals surface area contributed by atoms with Gasteiger partial charge in [0.1, 0.15) is 12.9 Å². The fourth-order valence-corrected chi connectivity index (χ4v) is 1.88. The Hall–Kier alpha value is -0.920. The molecule has 16 heavy (non-hydrogen) atoms. The lowest BCUT2D eigenvalue weighted by molar-refractivity contribution is 0.0799. The van der Waals surface area contributed by atoms with E-state index in [2.05, 4.69) is 0 Å².